The van der Waals surface area contributed by atoms with Crippen LogP contribution < -0.4 is 0 Å². The zero-order valence-corrected chi connectivity index (χ0v) is 13.8. The quantitative estimate of drug-likeness (QED) is 0.896. The predicted octanol–water partition coefficient (Wildman–Crippen LogP) is 1.67. The summed E-state index contributed by atoms with van der Waals surface area (Å²) in [6.45, 7) is 7.16. The van der Waals surface area contributed by atoms with E-state index in [2.05, 4.69) is 4.90 Å². The number of furan rings is 1. The van der Waals surface area contributed by atoms with Gasteiger partial charge in [-0.3, -0.25) is 9.69 Å². The maximum absolute atomic E-state index is 12.4. The van der Waals surface area contributed by atoms with Crippen LogP contribution in [0.25, 0.3) is 0 Å². The number of β-amino-alcohol motifs (C(OH)–C–C–N with tert-alkyl or cyclic N) is 1. The molecule has 1 aliphatic rings. The molecule has 1 aromatic rings. The maximum Gasteiger partial charge on any atom is 0.289 e. The van der Waals surface area contributed by atoms with Crippen LogP contribution in [0.2, 0.25) is 0 Å². The third kappa shape index (κ3) is 4.76. The molecule has 6 heteroatoms. The summed E-state index contributed by atoms with van der Waals surface area (Å²) in [5.41, 5.74) is -0.695. The molecule has 5 nitrogen and oxygen atoms in total. The molecule has 1 aliphatic heterocycles. The van der Waals surface area contributed by atoms with E-state index in [1.165, 1.54) is 0 Å². The maximum atomic E-state index is 12.4. The summed E-state index contributed by atoms with van der Waals surface area (Å²) in [4.78, 5) is 16.4. The summed E-state index contributed by atoms with van der Waals surface area (Å²) in [6, 6.07) is 3.63. The largest absolute Gasteiger partial charge is 0.455 e. The first kappa shape index (κ1) is 16.4. The minimum atomic E-state index is -0.695. The highest BCUT2D eigenvalue weighted by atomic mass is 32.2. The molecule has 118 valence electrons. The number of carbonyl (C=O) groups is 1. The van der Waals surface area contributed by atoms with E-state index >= 15 is 0 Å². The fourth-order valence-corrected chi connectivity index (χ4v) is 2.96. The molecule has 0 spiro atoms. The Hall–Kier alpha value is -0.980. The summed E-state index contributed by atoms with van der Waals surface area (Å²) in [5.74, 6) is 2.01. The highest BCUT2D eigenvalue weighted by Gasteiger charge is 2.26. The lowest BCUT2D eigenvalue weighted by Gasteiger charge is -2.36. The van der Waals surface area contributed by atoms with Crippen LogP contribution >= 0.6 is 11.8 Å². The van der Waals surface area contributed by atoms with Crippen LogP contribution in [0, 0.1) is 0 Å². The van der Waals surface area contributed by atoms with E-state index < -0.39 is 5.60 Å². The van der Waals surface area contributed by atoms with Crippen molar-refractivity contribution in [3.63, 3.8) is 0 Å². The smallest absolute Gasteiger partial charge is 0.289 e. The van der Waals surface area contributed by atoms with Crippen LogP contribution in [-0.2, 0) is 5.75 Å². The summed E-state index contributed by atoms with van der Waals surface area (Å²) in [7, 11) is 0. The van der Waals surface area contributed by atoms with Crippen molar-refractivity contribution in [1.29, 1.82) is 0 Å². The summed E-state index contributed by atoms with van der Waals surface area (Å²) in [6.07, 6.45) is 2.01. The summed E-state index contributed by atoms with van der Waals surface area (Å²) >= 11 is 1.67. The van der Waals surface area contributed by atoms with Crippen molar-refractivity contribution in [3.8, 4) is 0 Å². The van der Waals surface area contributed by atoms with Crippen LogP contribution in [0.3, 0.4) is 0 Å². The molecule has 2 heterocycles. The monoisotopic (exact) mass is 312 g/mol. The molecule has 0 saturated carbocycles. The molecule has 1 N–H and O–H groups in total. The van der Waals surface area contributed by atoms with E-state index in [1.54, 1.807) is 31.7 Å². The number of rotatable bonds is 5. The normalized spacial score (nSPS) is 17.2. The third-order valence-electron chi connectivity index (χ3n) is 3.43. The van der Waals surface area contributed by atoms with Crippen LogP contribution in [-0.4, -0.2) is 65.4 Å². The van der Waals surface area contributed by atoms with Crippen molar-refractivity contribution in [3.05, 3.63) is 23.7 Å². The molecule has 2 rings (SSSR count). The Morgan fingerprint density at radius 3 is 2.57 bits per heavy atom. The Balaban J connectivity index is 1.87. The highest BCUT2D eigenvalue weighted by molar-refractivity contribution is 7.97. The van der Waals surface area contributed by atoms with E-state index in [9.17, 15) is 9.90 Å². The molecule has 21 heavy (non-hydrogen) atoms. The number of piperazine rings is 1. The van der Waals surface area contributed by atoms with Gasteiger partial charge in [-0.1, -0.05) is 0 Å². The van der Waals surface area contributed by atoms with Crippen LogP contribution in [0.4, 0.5) is 0 Å². The standard InChI is InChI=1S/C15H24N2O3S/c1-15(2,19)11-16-6-8-17(9-7-16)14(18)13-5-4-12(20-13)10-21-3/h4-5,19H,6-11H2,1-3H3. The molecular formula is C15H24N2O3S. The number of hydrogen-bond donors (Lipinski definition) is 1. The number of nitrogens with zero attached hydrogens (tertiary/aromatic N) is 2. The van der Waals surface area contributed by atoms with Crippen molar-refractivity contribution in [2.24, 2.45) is 0 Å². The first-order valence-electron chi connectivity index (χ1n) is 7.21. The molecular weight excluding hydrogens is 288 g/mol. The minimum absolute atomic E-state index is 0.0368. The van der Waals surface area contributed by atoms with Gasteiger partial charge in [0.1, 0.15) is 5.76 Å². The fraction of sp³-hybridized carbons (Fsp3) is 0.667. The Bertz CT molecular complexity index is 474. The molecule has 0 radical (unpaired) electrons. The zero-order valence-electron chi connectivity index (χ0n) is 13.0. The van der Waals surface area contributed by atoms with E-state index in [0.717, 1.165) is 24.6 Å². The number of hydrogen-bond acceptors (Lipinski definition) is 5. The average molecular weight is 312 g/mol. The van der Waals surface area contributed by atoms with Crippen molar-refractivity contribution in [1.82, 2.24) is 9.80 Å². The molecule has 0 atom stereocenters. The van der Waals surface area contributed by atoms with Gasteiger partial charge in [-0.25, -0.2) is 0 Å². The van der Waals surface area contributed by atoms with Gasteiger partial charge < -0.3 is 14.4 Å². The van der Waals surface area contributed by atoms with Gasteiger partial charge in [-0.2, -0.15) is 11.8 Å². The predicted molar refractivity (Wildman–Crippen MR) is 84.6 cm³/mol. The van der Waals surface area contributed by atoms with Crippen LogP contribution in [0.1, 0.15) is 30.2 Å². The lowest BCUT2D eigenvalue weighted by atomic mass is 10.1. The Kier molecular flexibility index (Phi) is 5.35. The highest BCUT2D eigenvalue weighted by Crippen LogP contribution is 2.16. The van der Waals surface area contributed by atoms with Crippen molar-refractivity contribution in [2.75, 3.05) is 39.0 Å². The first-order valence-corrected chi connectivity index (χ1v) is 8.60. The van der Waals surface area contributed by atoms with E-state index in [4.69, 9.17) is 4.42 Å². The lowest BCUT2D eigenvalue weighted by molar-refractivity contribution is 0.0171. The topological polar surface area (TPSA) is 56.9 Å². The Morgan fingerprint density at radius 2 is 2.00 bits per heavy atom. The van der Waals surface area contributed by atoms with Gasteiger partial charge in [-0.05, 0) is 32.2 Å². The molecule has 1 aromatic heterocycles. The van der Waals surface area contributed by atoms with Crippen molar-refractivity contribution in [2.45, 2.75) is 25.2 Å². The van der Waals surface area contributed by atoms with Gasteiger partial charge in [0.2, 0.25) is 0 Å². The Labute approximate surface area is 130 Å². The van der Waals surface area contributed by atoms with Gasteiger partial charge in [0.25, 0.3) is 5.91 Å². The zero-order chi connectivity index (χ0) is 15.5. The molecule has 0 unspecified atom stereocenters. The number of aliphatic hydroxyl groups is 1. The third-order valence-corrected chi connectivity index (χ3v) is 4.00. The van der Waals surface area contributed by atoms with Gasteiger partial charge in [0, 0.05) is 32.7 Å². The number of amides is 1. The average Bonchev–Trinajstić information content (AvgIpc) is 2.86. The summed E-state index contributed by atoms with van der Waals surface area (Å²) < 4.78 is 5.58. The molecule has 1 fully saturated rings. The fourth-order valence-electron chi connectivity index (χ4n) is 2.52. The van der Waals surface area contributed by atoms with E-state index in [0.29, 0.717) is 25.4 Å². The van der Waals surface area contributed by atoms with Crippen LogP contribution in [0.5, 0.6) is 0 Å². The molecule has 1 amide bonds. The van der Waals surface area contributed by atoms with Gasteiger partial charge in [0.15, 0.2) is 5.76 Å². The lowest BCUT2D eigenvalue weighted by Crippen LogP contribution is -2.51. The van der Waals surface area contributed by atoms with E-state index in [-0.39, 0.29) is 5.91 Å². The molecule has 1 saturated heterocycles. The second-order valence-corrected chi connectivity index (χ2v) is 6.95. The van der Waals surface area contributed by atoms with Gasteiger partial charge >= 0.3 is 0 Å². The molecule has 0 aliphatic carbocycles. The SMILES string of the molecule is CSCc1ccc(C(=O)N2CCN(CC(C)(C)O)CC2)o1. The Morgan fingerprint density at radius 1 is 1.33 bits per heavy atom. The second kappa shape index (κ2) is 6.85. The van der Waals surface area contributed by atoms with E-state index in [1.807, 2.05) is 17.2 Å². The van der Waals surface area contributed by atoms with Crippen LogP contribution in [0.15, 0.2) is 16.5 Å². The van der Waals surface area contributed by atoms with Crippen molar-refractivity contribution >= 4 is 17.7 Å². The summed E-state index contributed by atoms with van der Waals surface area (Å²) in [5, 5.41) is 9.84. The molecule has 0 bridgehead atoms. The van der Waals surface area contributed by atoms with Gasteiger partial charge in [0.05, 0.1) is 11.4 Å². The first-order chi connectivity index (χ1) is 9.89. The second-order valence-electron chi connectivity index (χ2n) is 6.08. The minimum Gasteiger partial charge on any atom is -0.455 e. The number of thioether (sulfide) groups is 1. The van der Waals surface area contributed by atoms with Gasteiger partial charge in [-0.15, -0.1) is 0 Å². The van der Waals surface area contributed by atoms with Crippen molar-refractivity contribution < 1.29 is 14.3 Å². The molecule has 0 aromatic carbocycles. The number of carbonyl (C=O) groups excluding carboxylic acids is 1.